The third-order valence-electron chi connectivity index (χ3n) is 3.92. The van der Waals surface area contributed by atoms with Gasteiger partial charge in [-0.1, -0.05) is 6.92 Å². The normalized spacial score (nSPS) is 18.8. The highest BCUT2D eigenvalue weighted by Crippen LogP contribution is 2.33. The second-order valence-corrected chi connectivity index (χ2v) is 5.42. The number of hydrogen-bond donors (Lipinski definition) is 0. The lowest BCUT2D eigenvalue weighted by Crippen LogP contribution is -2.44. The smallest absolute Gasteiger partial charge is 0.393 e. The number of methoxy groups -OCH3 is 1. The van der Waals surface area contributed by atoms with Crippen LogP contribution in [0.4, 0.5) is 13.2 Å². The number of piperidine rings is 1. The molecule has 2 rings (SSSR count). The van der Waals surface area contributed by atoms with Crippen LogP contribution >= 0.6 is 0 Å². The van der Waals surface area contributed by atoms with Crippen LogP contribution in [0.2, 0.25) is 0 Å². The van der Waals surface area contributed by atoms with E-state index in [0.29, 0.717) is 6.42 Å². The van der Waals surface area contributed by atoms with Crippen LogP contribution < -0.4 is 0 Å². The van der Waals surface area contributed by atoms with Crippen molar-refractivity contribution in [1.29, 1.82) is 0 Å². The van der Waals surface area contributed by atoms with Crippen LogP contribution in [-0.2, 0) is 11.2 Å². The number of nitrogens with zero attached hydrogens (tertiary/aromatic N) is 1. The fourth-order valence-electron chi connectivity index (χ4n) is 2.66. The lowest BCUT2D eigenvalue weighted by atomic mass is 9.97. The Morgan fingerprint density at radius 3 is 2.70 bits per heavy atom. The van der Waals surface area contributed by atoms with Gasteiger partial charge in [0.25, 0.3) is 5.91 Å². The monoisotopic (exact) mass is 333 g/mol. The van der Waals surface area contributed by atoms with Gasteiger partial charge in [0.15, 0.2) is 5.76 Å². The highest BCUT2D eigenvalue weighted by molar-refractivity contribution is 5.97. The van der Waals surface area contributed by atoms with Crippen LogP contribution in [0.1, 0.15) is 46.4 Å². The number of aryl methyl sites for hydroxylation is 1. The molecule has 1 saturated heterocycles. The third kappa shape index (κ3) is 3.68. The number of esters is 1. The summed E-state index contributed by atoms with van der Waals surface area (Å²) in [5, 5.41) is 0. The maximum Gasteiger partial charge on any atom is 0.393 e. The third-order valence-corrected chi connectivity index (χ3v) is 3.92. The molecule has 1 aliphatic heterocycles. The fourth-order valence-corrected chi connectivity index (χ4v) is 2.66. The number of rotatable bonds is 3. The zero-order valence-corrected chi connectivity index (χ0v) is 12.9. The molecule has 0 spiro atoms. The number of amides is 1. The van der Waals surface area contributed by atoms with Crippen molar-refractivity contribution in [2.45, 2.75) is 32.4 Å². The first-order valence-corrected chi connectivity index (χ1v) is 7.35. The lowest BCUT2D eigenvalue weighted by Gasteiger charge is -2.33. The molecule has 8 heteroatoms. The van der Waals surface area contributed by atoms with Crippen molar-refractivity contribution in [2.75, 3.05) is 20.2 Å². The standard InChI is InChI=1S/C15H18F3NO4/c1-3-11-10(14(21)22-2)7-12(23-11)13(20)19-6-4-5-9(8-19)15(16,17)18/h7,9H,3-6,8H2,1-2H3/t9-/m0/s1. The molecule has 1 aliphatic rings. The van der Waals surface area contributed by atoms with Crippen molar-refractivity contribution in [3.8, 4) is 0 Å². The van der Waals surface area contributed by atoms with E-state index in [0.717, 1.165) is 4.90 Å². The summed E-state index contributed by atoms with van der Waals surface area (Å²) in [6.45, 7) is 1.58. The van der Waals surface area contributed by atoms with Crippen molar-refractivity contribution in [3.05, 3.63) is 23.2 Å². The minimum Gasteiger partial charge on any atom is -0.465 e. The second-order valence-electron chi connectivity index (χ2n) is 5.42. The largest absolute Gasteiger partial charge is 0.465 e. The topological polar surface area (TPSA) is 59.8 Å². The molecule has 128 valence electrons. The molecule has 0 radical (unpaired) electrons. The van der Waals surface area contributed by atoms with Gasteiger partial charge < -0.3 is 14.1 Å². The molecule has 1 aromatic heterocycles. The zero-order valence-electron chi connectivity index (χ0n) is 12.9. The van der Waals surface area contributed by atoms with E-state index in [9.17, 15) is 22.8 Å². The number of alkyl halides is 3. The average molecular weight is 333 g/mol. The maximum absolute atomic E-state index is 12.8. The van der Waals surface area contributed by atoms with Crippen molar-refractivity contribution in [1.82, 2.24) is 4.90 Å². The quantitative estimate of drug-likeness (QED) is 0.798. The molecule has 23 heavy (non-hydrogen) atoms. The van der Waals surface area contributed by atoms with Gasteiger partial charge in [-0.15, -0.1) is 0 Å². The van der Waals surface area contributed by atoms with Crippen LogP contribution in [0.3, 0.4) is 0 Å². The molecule has 0 aliphatic carbocycles. The Hall–Kier alpha value is -1.99. The van der Waals surface area contributed by atoms with Crippen LogP contribution in [0, 0.1) is 5.92 Å². The average Bonchev–Trinajstić information content (AvgIpc) is 2.97. The number of carbonyl (C=O) groups excluding carboxylic acids is 2. The predicted octanol–water partition coefficient (Wildman–Crippen LogP) is 3.04. The SMILES string of the molecule is CCc1oc(C(=O)N2CCC[C@H](C(F)(F)F)C2)cc1C(=O)OC. The second kappa shape index (κ2) is 6.64. The minimum atomic E-state index is -4.33. The molecule has 2 heterocycles. The lowest BCUT2D eigenvalue weighted by molar-refractivity contribution is -0.184. The first kappa shape index (κ1) is 17.4. The van der Waals surface area contributed by atoms with E-state index in [1.165, 1.54) is 13.2 Å². The summed E-state index contributed by atoms with van der Waals surface area (Å²) in [6, 6.07) is 1.24. The number of furan rings is 1. The molecule has 1 aromatic rings. The van der Waals surface area contributed by atoms with Crippen molar-refractivity contribution in [2.24, 2.45) is 5.92 Å². The summed E-state index contributed by atoms with van der Waals surface area (Å²) in [6.07, 6.45) is -3.67. The van der Waals surface area contributed by atoms with Crippen LogP contribution in [0.5, 0.6) is 0 Å². The van der Waals surface area contributed by atoms with Gasteiger partial charge in [-0.2, -0.15) is 13.2 Å². The van der Waals surface area contributed by atoms with E-state index in [-0.39, 0.29) is 36.5 Å². The van der Waals surface area contributed by atoms with Gasteiger partial charge in [0.1, 0.15) is 11.3 Å². The van der Waals surface area contributed by atoms with Crippen molar-refractivity contribution in [3.63, 3.8) is 0 Å². The van der Waals surface area contributed by atoms with E-state index in [2.05, 4.69) is 4.74 Å². The number of halogens is 3. The first-order chi connectivity index (χ1) is 10.8. The molecular weight excluding hydrogens is 315 g/mol. The summed E-state index contributed by atoms with van der Waals surface area (Å²) in [4.78, 5) is 25.1. The van der Waals surface area contributed by atoms with Gasteiger partial charge in [0, 0.05) is 25.6 Å². The summed E-state index contributed by atoms with van der Waals surface area (Å²) in [5.74, 6) is -2.66. The Balaban J connectivity index is 2.20. The number of hydrogen-bond acceptors (Lipinski definition) is 4. The van der Waals surface area contributed by atoms with Crippen LogP contribution in [-0.4, -0.2) is 43.2 Å². The molecule has 1 amide bonds. The van der Waals surface area contributed by atoms with E-state index < -0.39 is 30.5 Å². The molecule has 1 atom stereocenters. The van der Waals surface area contributed by atoms with Gasteiger partial charge in [-0.05, 0) is 12.8 Å². The number of ether oxygens (including phenoxy) is 1. The molecule has 1 fully saturated rings. The molecule has 0 unspecified atom stereocenters. The van der Waals surface area contributed by atoms with E-state index >= 15 is 0 Å². The highest BCUT2D eigenvalue weighted by Gasteiger charge is 2.43. The highest BCUT2D eigenvalue weighted by atomic mass is 19.4. The van der Waals surface area contributed by atoms with Gasteiger partial charge >= 0.3 is 12.1 Å². The van der Waals surface area contributed by atoms with Crippen molar-refractivity contribution >= 4 is 11.9 Å². The van der Waals surface area contributed by atoms with E-state index in [4.69, 9.17) is 4.42 Å². The Bertz CT molecular complexity index is 594. The Labute approximate surface area is 131 Å². The van der Waals surface area contributed by atoms with Gasteiger partial charge in [-0.25, -0.2) is 4.79 Å². The molecule has 0 bridgehead atoms. The first-order valence-electron chi connectivity index (χ1n) is 7.35. The molecule has 0 N–H and O–H groups in total. The van der Waals surface area contributed by atoms with Gasteiger partial charge in [0.2, 0.25) is 0 Å². The van der Waals surface area contributed by atoms with Gasteiger partial charge in [0.05, 0.1) is 13.0 Å². The van der Waals surface area contributed by atoms with E-state index in [1.54, 1.807) is 6.92 Å². The summed E-state index contributed by atoms with van der Waals surface area (Å²) < 4.78 is 48.5. The summed E-state index contributed by atoms with van der Waals surface area (Å²) in [7, 11) is 1.20. The van der Waals surface area contributed by atoms with E-state index in [1.807, 2.05) is 0 Å². The van der Waals surface area contributed by atoms with Gasteiger partial charge in [-0.3, -0.25) is 4.79 Å². The molecule has 0 saturated carbocycles. The fraction of sp³-hybridized carbons (Fsp3) is 0.600. The van der Waals surface area contributed by atoms with Crippen LogP contribution in [0.15, 0.2) is 10.5 Å². The Morgan fingerprint density at radius 2 is 2.13 bits per heavy atom. The molecule has 0 aromatic carbocycles. The Kier molecular flexibility index (Phi) is 5.01. The minimum absolute atomic E-state index is 0.0130. The number of carbonyl (C=O) groups is 2. The maximum atomic E-state index is 12.8. The molecule has 5 nitrogen and oxygen atoms in total. The molecular formula is C15H18F3NO4. The van der Waals surface area contributed by atoms with Crippen molar-refractivity contribution < 1.29 is 31.9 Å². The number of likely N-dealkylation sites (tertiary alicyclic amines) is 1. The Morgan fingerprint density at radius 1 is 1.43 bits per heavy atom. The summed E-state index contributed by atoms with van der Waals surface area (Å²) in [5.41, 5.74) is 0.128. The van der Waals surface area contributed by atoms with Crippen LogP contribution in [0.25, 0.3) is 0 Å². The predicted molar refractivity (Wildman–Crippen MR) is 74.1 cm³/mol. The summed E-state index contributed by atoms with van der Waals surface area (Å²) >= 11 is 0. The zero-order chi connectivity index (χ0) is 17.2.